The van der Waals surface area contributed by atoms with E-state index in [4.69, 9.17) is 5.10 Å². The van der Waals surface area contributed by atoms with Gasteiger partial charge in [-0.2, -0.15) is 5.10 Å². The highest BCUT2D eigenvalue weighted by Gasteiger charge is 2.13. The van der Waals surface area contributed by atoms with Crippen LogP contribution in [-0.2, 0) is 4.79 Å². The van der Waals surface area contributed by atoms with Crippen LogP contribution >= 0.6 is 0 Å². The van der Waals surface area contributed by atoms with Gasteiger partial charge in [-0.1, -0.05) is 91.0 Å². The molecule has 5 aromatic rings. The minimum Gasteiger partial charge on any atom is -0.326 e. The molecule has 5 nitrogen and oxygen atoms in total. The van der Waals surface area contributed by atoms with Crippen molar-refractivity contribution in [3.8, 4) is 28.2 Å². The van der Waals surface area contributed by atoms with Crippen LogP contribution in [0.15, 0.2) is 121 Å². The molecule has 0 fully saturated rings. The number of amides is 1. The van der Waals surface area contributed by atoms with Gasteiger partial charge < -0.3 is 5.32 Å². The van der Waals surface area contributed by atoms with Gasteiger partial charge in [0, 0.05) is 29.3 Å². The Bertz CT molecular complexity index is 1570. The van der Waals surface area contributed by atoms with Gasteiger partial charge in [-0.05, 0) is 42.0 Å². The lowest BCUT2D eigenvalue weighted by Crippen LogP contribution is -2.06. The van der Waals surface area contributed by atoms with Crippen molar-refractivity contribution in [2.24, 2.45) is 0 Å². The number of ketones is 1. The fraction of sp³-hybridized carbons (Fsp3) is 0.0312. The second-order valence-corrected chi connectivity index (χ2v) is 8.61. The zero-order valence-electron chi connectivity index (χ0n) is 20.3. The number of nitrogens with zero attached hydrogens (tertiary/aromatic N) is 2. The number of hydrogen-bond donors (Lipinski definition) is 1. The first-order valence-corrected chi connectivity index (χ1v) is 12.0. The quantitative estimate of drug-likeness (QED) is 0.199. The number of carbonyl (C=O) groups is 2. The first kappa shape index (κ1) is 23.7. The summed E-state index contributed by atoms with van der Waals surface area (Å²) in [6, 6.07) is 37.2. The zero-order valence-corrected chi connectivity index (χ0v) is 20.3. The third-order valence-corrected chi connectivity index (χ3v) is 5.88. The molecule has 1 amide bonds. The number of carbonyl (C=O) groups excluding carboxylic acids is 2. The second-order valence-electron chi connectivity index (χ2n) is 8.61. The maximum absolute atomic E-state index is 12.7. The van der Waals surface area contributed by atoms with Gasteiger partial charge in [0.15, 0.2) is 5.78 Å². The molecule has 180 valence electrons. The predicted molar refractivity (Wildman–Crippen MR) is 149 cm³/mol. The van der Waals surface area contributed by atoms with E-state index in [0.717, 1.165) is 33.8 Å². The van der Waals surface area contributed by atoms with Crippen LogP contribution in [0.3, 0.4) is 0 Å². The third kappa shape index (κ3) is 5.63. The molecule has 0 saturated carbocycles. The van der Waals surface area contributed by atoms with Gasteiger partial charge in [-0.25, -0.2) is 4.68 Å². The summed E-state index contributed by atoms with van der Waals surface area (Å²) in [7, 11) is 0. The smallest absolute Gasteiger partial charge is 0.221 e. The normalized spacial score (nSPS) is 10.9. The van der Waals surface area contributed by atoms with Crippen LogP contribution in [0.4, 0.5) is 5.69 Å². The summed E-state index contributed by atoms with van der Waals surface area (Å²) in [6.07, 6.45) is 3.33. The Morgan fingerprint density at radius 1 is 0.757 bits per heavy atom. The van der Waals surface area contributed by atoms with Gasteiger partial charge in [-0.3, -0.25) is 9.59 Å². The molecule has 1 aromatic heterocycles. The SMILES string of the molecule is CC(=O)Nc1cccc(C(=O)/C=C/c2ccc(-n3nc(-c4ccccc4)cc3-c3ccccc3)cc2)c1. The van der Waals surface area contributed by atoms with Gasteiger partial charge in [0.2, 0.25) is 5.91 Å². The van der Waals surface area contributed by atoms with Crippen LogP contribution in [0.25, 0.3) is 34.3 Å². The van der Waals surface area contributed by atoms with Gasteiger partial charge in [0.25, 0.3) is 0 Å². The molecule has 5 rings (SSSR count). The second kappa shape index (κ2) is 10.7. The first-order chi connectivity index (χ1) is 18.1. The van der Waals surface area contributed by atoms with Gasteiger partial charge >= 0.3 is 0 Å². The van der Waals surface area contributed by atoms with E-state index in [9.17, 15) is 9.59 Å². The molecule has 0 atom stereocenters. The van der Waals surface area contributed by atoms with Crippen LogP contribution in [0.1, 0.15) is 22.8 Å². The molecule has 37 heavy (non-hydrogen) atoms. The van der Waals surface area contributed by atoms with Gasteiger partial charge in [-0.15, -0.1) is 0 Å². The van der Waals surface area contributed by atoms with E-state index < -0.39 is 0 Å². The van der Waals surface area contributed by atoms with E-state index >= 15 is 0 Å². The third-order valence-electron chi connectivity index (χ3n) is 5.88. The lowest BCUT2D eigenvalue weighted by molar-refractivity contribution is -0.114. The number of aromatic nitrogens is 2. The van der Waals surface area contributed by atoms with Crippen LogP contribution < -0.4 is 5.32 Å². The Labute approximate surface area is 215 Å². The average molecular weight is 484 g/mol. The summed E-state index contributed by atoms with van der Waals surface area (Å²) in [4.78, 5) is 24.0. The number of allylic oxidation sites excluding steroid dienone is 1. The van der Waals surface area contributed by atoms with Crippen molar-refractivity contribution >= 4 is 23.5 Å². The van der Waals surface area contributed by atoms with Crippen LogP contribution in [0, 0.1) is 0 Å². The molecule has 1 N–H and O–H groups in total. The molecule has 0 aliphatic rings. The number of nitrogens with one attached hydrogen (secondary N) is 1. The van der Waals surface area contributed by atoms with Crippen molar-refractivity contribution < 1.29 is 9.59 Å². The molecule has 5 heteroatoms. The van der Waals surface area contributed by atoms with Crippen molar-refractivity contribution in [3.63, 3.8) is 0 Å². The Balaban J connectivity index is 1.41. The summed E-state index contributed by atoms with van der Waals surface area (Å²) in [6.45, 7) is 1.44. The van der Waals surface area contributed by atoms with Crippen LogP contribution in [0.5, 0.6) is 0 Å². The van der Waals surface area contributed by atoms with Crippen LogP contribution in [-0.4, -0.2) is 21.5 Å². The molecular formula is C32H25N3O2. The Kier molecular flexibility index (Phi) is 6.86. The molecule has 0 aliphatic heterocycles. The lowest BCUT2D eigenvalue weighted by Gasteiger charge is -2.08. The molecule has 0 aliphatic carbocycles. The monoisotopic (exact) mass is 483 g/mol. The molecule has 0 bridgehead atoms. The maximum atomic E-state index is 12.7. The molecule has 0 saturated heterocycles. The number of hydrogen-bond acceptors (Lipinski definition) is 3. The molecular weight excluding hydrogens is 458 g/mol. The zero-order chi connectivity index (χ0) is 25.6. The minimum atomic E-state index is -0.177. The number of rotatable bonds is 7. The molecule has 0 radical (unpaired) electrons. The fourth-order valence-corrected chi connectivity index (χ4v) is 4.09. The minimum absolute atomic E-state index is 0.137. The lowest BCUT2D eigenvalue weighted by atomic mass is 10.1. The summed E-state index contributed by atoms with van der Waals surface area (Å²) >= 11 is 0. The Morgan fingerprint density at radius 2 is 1.43 bits per heavy atom. The van der Waals surface area contributed by atoms with Crippen molar-refractivity contribution in [3.05, 3.63) is 132 Å². The number of benzene rings is 4. The fourth-order valence-electron chi connectivity index (χ4n) is 4.09. The summed E-state index contributed by atoms with van der Waals surface area (Å²) in [5.74, 6) is -0.314. The van der Waals surface area contributed by atoms with Crippen molar-refractivity contribution in [1.82, 2.24) is 9.78 Å². The number of anilines is 1. The van der Waals surface area contributed by atoms with Gasteiger partial charge in [0.1, 0.15) is 0 Å². The van der Waals surface area contributed by atoms with E-state index in [2.05, 4.69) is 35.6 Å². The van der Waals surface area contributed by atoms with E-state index in [1.807, 2.05) is 65.3 Å². The predicted octanol–water partition coefficient (Wildman–Crippen LogP) is 7.06. The van der Waals surface area contributed by atoms with Crippen molar-refractivity contribution in [2.45, 2.75) is 6.92 Å². The molecule has 0 unspecified atom stereocenters. The van der Waals surface area contributed by atoms with E-state index in [-0.39, 0.29) is 11.7 Å². The van der Waals surface area contributed by atoms with E-state index in [1.54, 1.807) is 36.4 Å². The first-order valence-electron chi connectivity index (χ1n) is 12.0. The van der Waals surface area contributed by atoms with E-state index in [0.29, 0.717) is 11.3 Å². The van der Waals surface area contributed by atoms with E-state index in [1.165, 1.54) is 6.92 Å². The largest absolute Gasteiger partial charge is 0.326 e. The Hall–Kier alpha value is -5.03. The van der Waals surface area contributed by atoms with Crippen LogP contribution in [0.2, 0.25) is 0 Å². The summed E-state index contributed by atoms with van der Waals surface area (Å²) in [5, 5.41) is 7.61. The molecule has 1 heterocycles. The van der Waals surface area contributed by atoms with Crippen molar-refractivity contribution in [1.29, 1.82) is 0 Å². The highest BCUT2D eigenvalue weighted by atomic mass is 16.1. The Morgan fingerprint density at radius 3 is 2.11 bits per heavy atom. The molecule has 0 spiro atoms. The highest BCUT2D eigenvalue weighted by molar-refractivity contribution is 6.07. The summed E-state index contributed by atoms with van der Waals surface area (Å²) < 4.78 is 1.95. The highest BCUT2D eigenvalue weighted by Crippen LogP contribution is 2.29. The average Bonchev–Trinajstić information content (AvgIpc) is 3.38. The topological polar surface area (TPSA) is 64.0 Å². The van der Waals surface area contributed by atoms with Crippen molar-refractivity contribution in [2.75, 3.05) is 5.32 Å². The molecule has 4 aromatic carbocycles. The maximum Gasteiger partial charge on any atom is 0.221 e. The van der Waals surface area contributed by atoms with Gasteiger partial charge in [0.05, 0.1) is 17.1 Å². The standard InChI is InChI=1S/C32H25N3O2/c1-23(36)33-28-14-8-13-27(21-28)32(37)20-17-24-15-18-29(19-16-24)35-31(26-11-6-3-7-12-26)22-30(34-35)25-9-4-2-5-10-25/h2-22H,1H3,(H,33,36)/b20-17+. The summed E-state index contributed by atoms with van der Waals surface area (Å²) in [5.41, 5.74) is 6.95.